The molecule has 0 saturated heterocycles. The van der Waals surface area contributed by atoms with Crippen LogP contribution < -0.4 is 16.0 Å². The van der Waals surface area contributed by atoms with Crippen LogP contribution in [0.4, 0.5) is 0 Å². The van der Waals surface area contributed by atoms with Crippen molar-refractivity contribution in [3.63, 3.8) is 0 Å². The van der Waals surface area contributed by atoms with Crippen LogP contribution in [0.3, 0.4) is 0 Å². The van der Waals surface area contributed by atoms with Gasteiger partial charge in [0.15, 0.2) is 0 Å². The minimum absolute atomic E-state index is 0.00208. The van der Waals surface area contributed by atoms with Crippen molar-refractivity contribution in [1.29, 1.82) is 0 Å². The second kappa shape index (κ2) is 8.37. The Kier molecular flexibility index (Phi) is 7.98. The highest BCUT2D eigenvalue weighted by atomic mass is 16.2. The lowest BCUT2D eigenvalue weighted by molar-refractivity contribution is -0.133. The number of carbonyl (C=O) groups excluding carboxylic acids is 2. The van der Waals surface area contributed by atoms with E-state index in [2.05, 4.69) is 16.0 Å². The van der Waals surface area contributed by atoms with Crippen molar-refractivity contribution in [1.82, 2.24) is 16.0 Å². The zero-order valence-corrected chi connectivity index (χ0v) is 13.9. The molecule has 0 aromatic heterocycles. The Labute approximate surface area is 123 Å². The summed E-state index contributed by atoms with van der Waals surface area (Å²) in [5.41, 5.74) is -1.01. The van der Waals surface area contributed by atoms with Crippen molar-refractivity contribution in [2.24, 2.45) is 10.8 Å². The van der Waals surface area contributed by atoms with Gasteiger partial charge in [-0.25, -0.2) is 0 Å². The zero-order chi connectivity index (χ0) is 15.8. The van der Waals surface area contributed by atoms with Crippen LogP contribution in [0.2, 0.25) is 0 Å². The molecule has 0 spiro atoms. The first-order valence-electron chi connectivity index (χ1n) is 7.28. The molecule has 3 N–H and O–H groups in total. The van der Waals surface area contributed by atoms with Crippen LogP contribution in [0, 0.1) is 10.8 Å². The topological polar surface area (TPSA) is 70.2 Å². The molecular formula is C15H31N3O2. The van der Waals surface area contributed by atoms with Crippen LogP contribution >= 0.6 is 0 Å². The molecule has 0 radical (unpaired) electrons. The lowest BCUT2D eigenvalue weighted by Gasteiger charge is -2.32. The van der Waals surface area contributed by atoms with Crippen molar-refractivity contribution >= 4 is 11.7 Å². The van der Waals surface area contributed by atoms with Gasteiger partial charge in [0.2, 0.25) is 5.91 Å². The second-order valence-corrected chi connectivity index (χ2v) is 6.61. The molecule has 0 aliphatic heterocycles. The Hall–Kier alpha value is -0.940. The fourth-order valence-electron chi connectivity index (χ4n) is 2.15. The Morgan fingerprint density at radius 1 is 0.900 bits per heavy atom. The summed E-state index contributed by atoms with van der Waals surface area (Å²) in [6.07, 6.45) is 0.550. The van der Waals surface area contributed by atoms with Gasteiger partial charge in [0.1, 0.15) is 5.78 Å². The first kappa shape index (κ1) is 19.1. The molecule has 0 atom stereocenters. The largest absolute Gasteiger partial charge is 0.354 e. The highest BCUT2D eigenvalue weighted by molar-refractivity contribution is 5.85. The molecule has 0 aromatic rings. The predicted molar refractivity (Wildman–Crippen MR) is 82.7 cm³/mol. The number of nitrogens with one attached hydrogen (secondary N) is 3. The van der Waals surface area contributed by atoms with Crippen molar-refractivity contribution in [3.8, 4) is 0 Å². The Balaban J connectivity index is 4.15. The average Bonchev–Trinajstić information content (AvgIpc) is 2.31. The third-order valence-corrected chi connectivity index (χ3v) is 3.59. The molecule has 0 bridgehead atoms. The third kappa shape index (κ3) is 7.01. The normalized spacial score (nSPS) is 12.3. The molecule has 5 heteroatoms. The highest BCUT2D eigenvalue weighted by Gasteiger charge is 2.36. The summed E-state index contributed by atoms with van der Waals surface area (Å²) >= 11 is 0. The smallest absolute Gasteiger partial charge is 0.225 e. The first-order chi connectivity index (χ1) is 9.13. The van der Waals surface area contributed by atoms with E-state index in [1.165, 1.54) is 0 Å². The van der Waals surface area contributed by atoms with Crippen LogP contribution in [-0.4, -0.2) is 44.9 Å². The number of hydrogen-bond donors (Lipinski definition) is 3. The number of amides is 1. The van der Waals surface area contributed by atoms with Gasteiger partial charge in [0, 0.05) is 37.0 Å². The third-order valence-electron chi connectivity index (χ3n) is 3.59. The van der Waals surface area contributed by atoms with Gasteiger partial charge < -0.3 is 16.0 Å². The van der Waals surface area contributed by atoms with E-state index in [-0.39, 0.29) is 11.7 Å². The average molecular weight is 285 g/mol. The monoisotopic (exact) mass is 285 g/mol. The van der Waals surface area contributed by atoms with E-state index >= 15 is 0 Å². The lowest BCUT2D eigenvalue weighted by atomic mass is 9.72. The van der Waals surface area contributed by atoms with E-state index in [1.54, 1.807) is 6.92 Å². The lowest BCUT2D eigenvalue weighted by Crippen LogP contribution is -2.43. The maximum absolute atomic E-state index is 12.2. The Morgan fingerprint density at radius 2 is 1.45 bits per heavy atom. The van der Waals surface area contributed by atoms with Gasteiger partial charge in [0.05, 0.1) is 0 Å². The molecule has 0 heterocycles. The van der Waals surface area contributed by atoms with Crippen molar-refractivity contribution in [2.75, 3.05) is 33.2 Å². The summed E-state index contributed by atoms with van der Waals surface area (Å²) in [5, 5.41) is 9.20. The number of hydrogen-bond acceptors (Lipinski definition) is 4. The molecule has 0 fully saturated rings. The van der Waals surface area contributed by atoms with Crippen molar-refractivity contribution < 1.29 is 9.59 Å². The summed E-state index contributed by atoms with van der Waals surface area (Å²) in [4.78, 5) is 23.8. The number of Topliss-reactive ketones (excluding diaryl/α,β-unsaturated/α-hetero) is 1. The summed E-state index contributed by atoms with van der Waals surface area (Å²) in [7, 11) is 1.91. The minimum atomic E-state index is -0.542. The highest BCUT2D eigenvalue weighted by Crippen LogP contribution is 2.34. The fraction of sp³-hybridized carbons (Fsp3) is 0.867. The second-order valence-electron chi connectivity index (χ2n) is 6.61. The van der Waals surface area contributed by atoms with Crippen LogP contribution in [0.15, 0.2) is 0 Å². The van der Waals surface area contributed by atoms with Gasteiger partial charge in [0.25, 0.3) is 0 Å². The van der Waals surface area contributed by atoms with Crippen molar-refractivity contribution in [3.05, 3.63) is 0 Å². The van der Waals surface area contributed by atoms with Crippen LogP contribution in [0.1, 0.15) is 41.0 Å². The molecule has 5 nitrogen and oxygen atoms in total. The van der Waals surface area contributed by atoms with Gasteiger partial charge in [-0.2, -0.15) is 0 Å². The summed E-state index contributed by atoms with van der Waals surface area (Å²) < 4.78 is 0. The molecule has 0 rings (SSSR count). The molecule has 0 aliphatic carbocycles. The Morgan fingerprint density at radius 3 is 1.95 bits per heavy atom. The van der Waals surface area contributed by atoms with Crippen molar-refractivity contribution in [2.45, 2.75) is 41.0 Å². The summed E-state index contributed by atoms with van der Waals surface area (Å²) in [6, 6.07) is 0. The van der Waals surface area contributed by atoms with Gasteiger partial charge in [-0.05, 0) is 20.4 Å². The standard InChI is InChI=1S/C15H31N3O2/c1-12(19)14(2,3)11-15(4,5)13(20)18-10-9-17-8-7-16-6/h16-17H,7-11H2,1-6H3,(H,18,20). The van der Waals surface area contributed by atoms with E-state index in [1.807, 2.05) is 34.7 Å². The molecule has 118 valence electrons. The van der Waals surface area contributed by atoms with Gasteiger partial charge in [-0.1, -0.05) is 27.7 Å². The summed E-state index contributed by atoms with van der Waals surface area (Å²) in [5.74, 6) is 0.120. The predicted octanol–water partition coefficient (Wildman–Crippen LogP) is 0.943. The van der Waals surface area contributed by atoms with E-state index in [9.17, 15) is 9.59 Å². The maximum atomic E-state index is 12.2. The number of rotatable bonds is 10. The van der Waals surface area contributed by atoms with E-state index in [0.717, 1.165) is 19.6 Å². The van der Waals surface area contributed by atoms with Gasteiger partial charge in [-0.15, -0.1) is 0 Å². The fourth-order valence-corrected chi connectivity index (χ4v) is 2.15. The van der Waals surface area contributed by atoms with E-state index < -0.39 is 10.8 Å². The number of ketones is 1. The zero-order valence-electron chi connectivity index (χ0n) is 13.9. The quantitative estimate of drug-likeness (QED) is 0.523. The Bertz CT molecular complexity index is 325. The molecule has 0 aliphatic rings. The molecule has 1 amide bonds. The molecule has 0 aromatic carbocycles. The molecule has 20 heavy (non-hydrogen) atoms. The number of likely N-dealkylation sites (N-methyl/N-ethyl adjacent to an activating group) is 1. The summed E-state index contributed by atoms with van der Waals surface area (Å²) in [6.45, 7) is 12.3. The minimum Gasteiger partial charge on any atom is -0.354 e. The first-order valence-corrected chi connectivity index (χ1v) is 7.28. The SMILES string of the molecule is CNCCNCCNC(=O)C(C)(C)CC(C)(C)C(C)=O. The van der Waals surface area contributed by atoms with E-state index in [0.29, 0.717) is 13.0 Å². The maximum Gasteiger partial charge on any atom is 0.225 e. The van der Waals surface area contributed by atoms with Gasteiger partial charge in [-0.3, -0.25) is 9.59 Å². The van der Waals surface area contributed by atoms with Crippen LogP contribution in [0.5, 0.6) is 0 Å². The molecule has 0 saturated carbocycles. The van der Waals surface area contributed by atoms with Crippen LogP contribution in [-0.2, 0) is 9.59 Å². The van der Waals surface area contributed by atoms with E-state index in [4.69, 9.17) is 0 Å². The molecular weight excluding hydrogens is 254 g/mol. The van der Waals surface area contributed by atoms with Gasteiger partial charge >= 0.3 is 0 Å². The van der Waals surface area contributed by atoms with Crippen LogP contribution in [0.25, 0.3) is 0 Å². The molecule has 0 unspecified atom stereocenters. The number of carbonyl (C=O) groups is 2.